The van der Waals surface area contributed by atoms with Crippen LogP contribution in [0.25, 0.3) is 44.5 Å². The highest BCUT2D eigenvalue weighted by atomic mass is 28.3. The highest BCUT2D eigenvalue weighted by Crippen LogP contribution is 2.36. The van der Waals surface area contributed by atoms with E-state index < -0.39 is 8.07 Å². The molecule has 1 aromatic heterocycles. The number of hydrogen-bond acceptors (Lipinski definition) is 2. The van der Waals surface area contributed by atoms with Crippen molar-refractivity contribution in [3.8, 4) is 22.6 Å². The number of nitrogens with zero attached hydrogens (tertiary/aromatic N) is 1. The fourth-order valence-corrected chi connectivity index (χ4v) is 5.06. The molecule has 3 heteroatoms. The molecule has 4 aromatic carbocycles. The topological polar surface area (TPSA) is 26.0 Å². The van der Waals surface area contributed by atoms with Crippen LogP contribution in [-0.2, 0) is 0 Å². The first-order valence-electron chi connectivity index (χ1n) is 9.99. The average Bonchev–Trinajstić information content (AvgIpc) is 3.16. The Bertz CT molecular complexity index is 1310. The lowest BCUT2D eigenvalue weighted by Gasteiger charge is -2.18. The Morgan fingerprint density at radius 2 is 1.38 bits per heavy atom. The second kappa shape index (κ2) is 6.71. The van der Waals surface area contributed by atoms with Crippen molar-refractivity contribution < 1.29 is 4.42 Å². The molecule has 29 heavy (non-hydrogen) atoms. The van der Waals surface area contributed by atoms with Crippen LogP contribution in [0.2, 0.25) is 19.6 Å². The molecule has 0 amide bonds. The van der Waals surface area contributed by atoms with Gasteiger partial charge < -0.3 is 4.42 Å². The zero-order valence-corrected chi connectivity index (χ0v) is 17.9. The summed E-state index contributed by atoms with van der Waals surface area (Å²) in [6.07, 6.45) is 0. The van der Waals surface area contributed by atoms with Gasteiger partial charge in [-0.05, 0) is 40.1 Å². The molecule has 0 aliphatic rings. The first-order valence-corrected chi connectivity index (χ1v) is 13.5. The molecule has 0 saturated carbocycles. The molecular formula is C26H23NOSi. The van der Waals surface area contributed by atoms with Crippen LogP contribution in [0.1, 0.15) is 0 Å². The maximum absolute atomic E-state index is 6.07. The number of para-hydroxylation sites is 2. The fourth-order valence-electron chi connectivity index (χ4n) is 3.88. The summed E-state index contributed by atoms with van der Waals surface area (Å²) in [5.74, 6) is 0.671. The van der Waals surface area contributed by atoms with E-state index in [4.69, 9.17) is 9.40 Å². The lowest BCUT2D eigenvalue weighted by Crippen LogP contribution is -2.37. The van der Waals surface area contributed by atoms with Crippen molar-refractivity contribution in [2.24, 2.45) is 0 Å². The van der Waals surface area contributed by atoms with Crippen LogP contribution >= 0.6 is 0 Å². The molecule has 0 aliphatic heterocycles. The van der Waals surface area contributed by atoms with E-state index in [0.29, 0.717) is 5.89 Å². The Kier molecular flexibility index (Phi) is 4.14. The number of aromatic nitrogens is 1. The zero-order chi connectivity index (χ0) is 20.0. The second-order valence-corrected chi connectivity index (χ2v) is 13.6. The number of hydrogen-bond donors (Lipinski definition) is 0. The molecule has 2 nitrogen and oxygen atoms in total. The molecule has 0 saturated heterocycles. The van der Waals surface area contributed by atoms with Crippen molar-refractivity contribution >= 4 is 35.1 Å². The highest BCUT2D eigenvalue weighted by Gasteiger charge is 2.18. The standard InChI is InChI=1S/C26H23NOSi/c1-29(2,3)19-10-8-9-18(17-19)20-15-16-23(22-12-5-4-11-21(20)22)26-27-24-13-6-7-14-25(24)28-26/h4-17H,1-3H3. The third-order valence-corrected chi connectivity index (χ3v) is 7.53. The lowest BCUT2D eigenvalue weighted by atomic mass is 9.95. The Balaban J connectivity index is 1.72. The first-order chi connectivity index (χ1) is 14.0. The minimum atomic E-state index is -1.37. The summed E-state index contributed by atoms with van der Waals surface area (Å²) in [7, 11) is -1.37. The maximum atomic E-state index is 6.07. The molecule has 5 rings (SSSR count). The van der Waals surface area contributed by atoms with Crippen LogP contribution < -0.4 is 5.19 Å². The van der Waals surface area contributed by atoms with Crippen LogP contribution in [0.5, 0.6) is 0 Å². The van der Waals surface area contributed by atoms with Crippen LogP contribution in [0.4, 0.5) is 0 Å². The molecule has 5 aromatic rings. The summed E-state index contributed by atoms with van der Waals surface area (Å²) in [6, 6.07) is 29.8. The molecule has 0 aliphatic carbocycles. The Labute approximate surface area is 171 Å². The van der Waals surface area contributed by atoms with Crippen LogP contribution in [-0.4, -0.2) is 13.1 Å². The van der Waals surface area contributed by atoms with E-state index in [1.165, 1.54) is 21.7 Å². The van der Waals surface area contributed by atoms with E-state index in [9.17, 15) is 0 Å². The third-order valence-electron chi connectivity index (χ3n) is 5.49. The molecule has 0 bridgehead atoms. The Hall–Kier alpha value is -3.17. The molecule has 0 fully saturated rings. The summed E-state index contributed by atoms with van der Waals surface area (Å²) >= 11 is 0. The Morgan fingerprint density at radius 3 is 2.14 bits per heavy atom. The first kappa shape index (κ1) is 17.9. The lowest BCUT2D eigenvalue weighted by molar-refractivity contribution is 0.620. The van der Waals surface area contributed by atoms with E-state index in [2.05, 4.69) is 80.3 Å². The third kappa shape index (κ3) is 3.18. The quantitative estimate of drug-likeness (QED) is 0.313. The summed E-state index contributed by atoms with van der Waals surface area (Å²) in [5, 5.41) is 3.86. The van der Waals surface area contributed by atoms with E-state index in [0.717, 1.165) is 22.0 Å². The maximum Gasteiger partial charge on any atom is 0.227 e. The largest absolute Gasteiger partial charge is 0.436 e. The van der Waals surface area contributed by atoms with Gasteiger partial charge in [-0.1, -0.05) is 91.6 Å². The van der Waals surface area contributed by atoms with Gasteiger partial charge in [-0.2, -0.15) is 0 Å². The van der Waals surface area contributed by atoms with Gasteiger partial charge in [-0.25, -0.2) is 4.98 Å². The van der Waals surface area contributed by atoms with Crippen molar-refractivity contribution in [3.63, 3.8) is 0 Å². The van der Waals surface area contributed by atoms with Gasteiger partial charge in [-0.3, -0.25) is 0 Å². The van der Waals surface area contributed by atoms with Gasteiger partial charge in [0.05, 0.1) is 8.07 Å². The van der Waals surface area contributed by atoms with Crippen molar-refractivity contribution in [1.82, 2.24) is 4.98 Å². The number of fused-ring (bicyclic) bond motifs is 2. The molecular weight excluding hydrogens is 370 g/mol. The fraction of sp³-hybridized carbons (Fsp3) is 0.115. The smallest absolute Gasteiger partial charge is 0.227 e. The second-order valence-electron chi connectivity index (χ2n) is 8.52. The number of rotatable bonds is 3. The predicted octanol–water partition coefficient (Wildman–Crippen LogP) is 6.86. The van der Waals surface area contributed by atoms with Gasteiger partial charge in [-0.15, -0.1) is 0 Å². The molecule has 1 heterocycles. The number of benzene rings is 4. The minimum Gasteiger partial charge on any atom is -0.436 e. The zero-order valence-electron chi connectivity index (χ0n) is 16.9. The summed E-state index contributed by atoms with van der Waals surface area (Å²) in [6.45, 7) is 7.17. The van der Waals surface area contributed by atoms with Crippen LogP contribution in [0, 0.1) is 0 Å². The molecule has 0 atom stereocenters. The molecule has 0 spiro atoms. The number of oxazole rings is 1. The van der Waals surface area contributed by atoms with Gasteiger partial charge in [0.25, 0.3) is 0 Å². The van der Waals surface area contributed by atoms with Crippen LogP contribution in [0.3, 0.4) is 0 Å². The van der Waals surface area contributed by atoms with Gasteiger partial charge in [0.1, 0.15) is 5.52 Å². The predicted molar refractivity (Wildman–Crippen MR) is 125 cm³/mol. The van der Waals surface area contributed by atoms with Crippen LogP contribution in [0.15, 0.2) is 89.3 Å². The van der Waals surface area contributed by atoms with Gasteiger partial charge in [0, 0.05) is 5.56 Å². The Morgan fingerprint density at radius 1 is 0.690 bits per heavy atom. The summed E-state index contributed by atoms with van der Waals surface area (Å²) in [5.41, 5.74) is 5.25. The monoisotopic (exact) mass is 393 g/mol. The molecule has 0 radical (unpaired) electrons. The van der Waals surface area contributed by atoms with E-state index in [1.54, 1.807) is 0 Å². The van der Waals surface area contributed by atoms with E-state index in [1.807, 2.05) is 24.3 Å². The van der Waals surface area contributed by atoms with Gasteiger partial charge >= 0.3 is 0 Å². The van der Waals surface area contributed by atoms with Crippen molar-refractivity contribution in [3.05, 3.63) is 84.9 Å². The van der Waals surface area contributed by atoms with E-state index >= 15 is 0 Å². The average molecular weight is 394 g/mol. The molecule has 0 unspecified atom stereocenters. The van der Waals surface area contributed by atoms with Crippen molar-refractivity contribution in [1.29, 1.82) is 0 Å². The van der Waals surface area contributed by atoms with Gasteiger partial charge in [0.15, 0.2) is 5.58 Å². The summed E-state index contributed by atoms with van der Waals surface area (Å²) < 4.78 is 6.07. The SMILES string of the molecule is C[Si](C)(C)c1cccc(-c2ccc(-c3nc4ccccc4o3)c3ccccc23)c1. The molecule has 142 valence electrons. The van der Waals surface area contributed by atoms with E-state index in [-0.39, 0.29) is 0 Å². The summed E-state index contributed by atoms with van der Waals surface area (Å²) in [4.78, 5) is 4.72. The minimum absolute atomic E-state index is 0.671. The van der Waals surface area contributed by atoms with Gasteiger partial charge in [0.2, 0.25) is 5.89 Å². The normalized spacial score (nSPS) is 12.0. The molecule has 0 N–H and O–H groups in total. The highest BCUT2D eigenvalue weighted by molar-refractivity contribution is 6.88. The van der Waals surface area contributed by atoms with Crippen molar-refractivity contribution in [2.45, 2.75) is 19.6 Å². The van der Waals surface area contributed by atoms with Crippen molar-refractivity contribution in [2.75, 3.05) is 0 Å².